The third-order valence-electron chi connectivity index (χ3n) is 6.37. The van der Waals surface area contributed by atoms with Gasteiger partial charge in [-0.2, -0.15) is 9.61 Å². The first-order valence-corrected chi connectivity index (χ1v) is 11.4. The average molecular weight is 481 g/mol. The Hall–Kier alpha value is -3.36. The molecule has 4 heterocycles. The van der Waals surface area contributed by atoms with E-state index in [2.05, 4.69) is 15.1 Å². The van der Waals surface area contributed by atoms with Crippen LogP contribution in [0.5, 0.6) is 0 Å². The minimum absolute atomic E-state index is 0.0648. The van der Waals surface area contributed by atoms with Crippen molar-refractivity contribution in [3.05, 3.63) is 96.7 Å². The minimum atomic E-state index is -0.507. The zero-order chi connectivity index (χ0) is 24.0. The van der Waals surface area contributed by atoms with E-state index in [9.17, 15) is 14.0 Å². The SMILES string of the molecule is Cc1nc2c(-c3ccc(Cl)cc3F)cc(C3CCOC(c4cc[nH]c(=O)c4)C3)nn2c(=O)c1C. The van der Waals surface area contributed by atoms with Crippen LogP contribution in [0.4, 0.5) is 4.39 Å². The second-order valence-corrected chi connectivity index (χ2v) is 8.97. The second kappa shape index (κ2) is 8.77. The smallest absolute Gasteiger partial charge is 0.277 e. The Labute approximate surface area is 199 Å². The monoisotopic (exact) mass is 480 g/mol. The molecular weight excluding hydrogens is 459 g/mol. The zero-order valence-corrected chi connectivity index (χ0v) is 19.4. The first-order chi connectivity index (χ1) is 16.3. The number of aryl methyl sites for hydroxylation is 1. The lowest BCUT2D eigenvalue weighted by atomic mass is 9.88. The molecule has 0 aliphatic carbocycles. The summed E-state index contributed by atoms with van der Waals surface area (Å²) in [5.74, 6) is -0.572. The van der Waals surface area contributed by atoms with Crippen molar-refractivity contribution in [1.29, 1.82) is 0 Å². The van der Waals surface area contributed by atoms with Gasteiger partial charge < -0.3 is 9.72 Å². The van der Waals surface area contributed by atoms with Crippen molar-refractivity contribution in [3.63, 3.8) is 0 Å². The summed E-state index contributed by atoms with van der Waals surface area (Å²) in [7, 11) is 0. The Morgan fingerprint density at radius 1 is 1.15 bits per heavy atom. The molecule has 174 valence electrons. The Morgan fingerprint density at radius 2 is 1.97 bits per heavy atom. The fourth-order valence-corrected chi connectivity index (χ4v) is 4.55. The number of fused-ring (bicyclic) bond motifs is 1. The highest BCUT2D eigenvalue weighted by Gasteiger charge is 2.28. The Bertz CT molecular complexity index is 1530. The Kier molecular flexibility index (Phi) is 5.79. The van der Waals surface area contributed by atoms with Gasteiger partial charge >= 0.3 is 0 Å². The van der Waals surface area contributed by atoms with Gasteiger partial charge in [0.1, 0.15) is 5.82 Å². The van der Waals surface area contributed by atoms with Crippen molar-refractivity contribution in [1.82, 2.24) is 19.6 Å². The minimum Gasteiger partial charge on any atom is -0.373 e. The molecule has 3 aromatic heterocycles. The van der Waals surface area contributed by atoms with Crippen LogP contribution in [0, 0.1) is 19.7 Å². The van der Waals surface area contributed by atoms with Crippen LogP contribution in [-0.2, 0) is 4.74 Å². The molecule has 9 heteroatoms. The lowest BCUT2D eigenvalue weighted by molar-refractivity contribution is 0.00439. The Balaban J connectivity index is 1.67. The normalized spacial score (nSPS) is 18.4. The van der Waals surface area contributed by atoms with Gasteiger partial charge in [0.2, 0.25) is 5.56 Å². The molecule has 1 fully saturated rings. The molecule has 1 aromatic carbocycles. The van der Waals surface area contributed by atoms with Gasteiger partial charge in [-0.1, -0.05) is 11.6 Å². The maximum Gasteiger partial charge on any atom is 0.277 e. The molecule has 2 unspecified atom stereocenters. The number of hydrogen-bond acceptors (Lipinski definition) is 5. The molecule has 1 aliphatic rings. The molecule has 0 amide bonds. The number of hydrogen-bond donors (Lipinski definition) is 1. The second-order valence-electron chi connectivity index (χ2n) is 8.54. The molecule has 1 saturated heterocycles. The molecule has 0 saturated carbocycles. The number of aromatic nitrogens is 4. The molecule has 0 bridgehead atoms. The van der Waals surface area contributed by atoms with Crippen LogP contribution >= 0.6 is 11.6 Å². The molecule has 2 atom stereocenters. The zero-order valence-electron chi connectivity index (χ0n) is 18.6. The summed E-state index contributed by atoms with van der Waals surface area (Å²) < 4.78 is 22.2. The van der Waals surface area contributed by atoms with Gasteiger partial charge in [-0.05, 0) is 62.6 Å². The van der Waals surface area contributed by atoms with Crippen molar-refractivity contribution in [2.45, 2.75) is 38.7 Å². The highest BCUT2D eigenvalue weighted by molar-refractivity contribution is 6.30. The molecular formula is C25H22ClFN4O3. The number of rotatable bonds is 3. The van der Waals surface area contributed by atoms with Gasteiger partial charge in [0.05, 0.1) is 11.8 Å². The fraction of sp³-hybridized carbons (Fsp3) is 0.280. The predicted octanol–water partition coefficient (Wildman–Crippen LogP) is 4.49. The number of nitrogens with zero attached hydrogens (tertiary/aromatic N) is 3. The van der Waals surface area contributed by atoms with Crippen LogP contribution in [0.3, 0.4) is 0 Å². The lowest BCUT2D eigenvalue weighted by Crippen LogP contribution is -2.26. The van der Waals surface area contributed by atoms with Gasteiger partial charge in [-0.15, -0.1) is 0 Å². The maximum absolute atomic E-state index is 15.0. The summed E-state index contributed by atoms with van der Waals surface area (Å²) in [5, 5.41) is 4.93. The lowest BCUT2D eigenvalue weighted by Gasteiger charge is -2.29. The van der Waals surface area contributed by atoms with Crippen molar-refractivity contribution in [2.75, 3.05) is 6.61 Å². The van der Waals surface area contributed by atoms with E-state index in [1.54, 1.807) is 38.2 Å². The van der Waals surface area contributed by atoms with Gasteiger partial charge in [-0.25, -0.2) is 9.37 Å². The summed E-state index contributed by atoms with van der Waals surface area (Å²) in [6.07, 6.45) is 2.55. The van der Waals surface area contributed by atoms with Gasteiger partial charge in [0, 0.05) is 52.2 Å². The van der Waals surface area contributed by atoms with Crippen molar-refractivity contribution >= 4 is 17.2 Å². The van der Waals surface area contributed by atoms with E-state index >= 15 is 0 Å². The van der Waals surface area contributed by atoms with E-state index in [1.807, 2.05) is 6.07 Å². The summed E-state index contributed by atoms with van der Waals surface area (Å²) in [6.45, 7) is 3.91. The fourth-order valence-electron chi connectivity index (χ4n) is 4.39. The van der Waals surface area contributed by atoms with Crippen molar-refractivity contribution < 1.29 is 9.13 Å². The van der Waals surface area contributed by atoms with E-state index in [0.717, 1.165) is 5.56 Å². The highest BCUT2D eigenvalue weighted by Crippen LogP contribution is 2.38. The number of aromatic amines is 1. The van der Waals surface area contributed by atoms with Crippen LogP contribution in [0.1, 0.15) is 47.4 Å². The van der Waals surface area contributed by atoms with Crippen LogP contribution < -0.4 is 11.1 Å². The van der Waals surface area contributed by atoms with Crippen molar-refractivity contribution in [3.8, 4) is 11.1 Å². The number of ether oxygens (including phenoxy) is 1. The molecule has 4 aromatic rings. The maximum atomic E-state index is 15.0. The van der Waals surface area contributed by atoms with Crippen LogP contribution in [0.2, 0.25) is 5.02 Å². The Morgan fingerprint density at radius 3 is 2.74 bits per heavy atom. The first-order valence-electron chi connectivity index (χ1n) is 11.0. The molecule has 7 nitrogen and oxygen atoms in total. The van der Waals surface area contributed by atoms with E-state index < -0.39 is 5.82 Å². The number of H-pyrrole nitrogens is 1. The third-order valence-corrected chi connectivity index (χ3v) is 6.61. The number of nitrogens with one attached hydrogen (secondary N) is 1. The van der Waals surface area contributed by atoms with Crippen LogP contribution in [0.15, 0.2) is 52.2 Å². The molecule has 1 N–H and O–H groups in total. The first kappa shape index (κ1) is 22.4. The van der Waals surface area contributed by atoms with E-state index in [-0.39, 0.29) is 33.8 Å². The third kappa shape index (κ3) is 4.03. The number of halogens is 2. The largest absolute Gasteiger partial charge is 0.373 e. The average Bonchev–Trinajstić information content (AvgIpc) is 2.82. The van der Waals surface area contributed by atoms with Gasteiger partial charge in [0.25, 0.3) is 5.56 Å². The topological polar surface area (TPSA) is 89.3 Å². The molecule has 34 heavy (non-hydrogen) atoms. The summed E-state index contributed by atoms with van der Waals surface area (Å²) >= 11 is 5.97. The summed E-state index contributed by atoms with van der Waals surface area (Å²) in [6, 6.07) is 9.57. The van der Waals surface area contributed by atoms with E-state index in [4.69, 9.17) is 16.3 Å². The molecule has 5 rings (SSSR count). The molecule has 0 radical (unpaired) electrons. The highest BCUT2D eigenvalue weighted by atomic mass is 35.5. The molecule has 1 aliphatic heterocycles. The summed E-state index contributed by atoms with van der Waals surface area (Å²) in [5.41, 5.74) is 3.03. The number of pyridine rings is 1. The van der Waals surface area contributed by atoms with Gasteiger partial charge in [0.15, 0.2) is 5.65 Å². The van der Waals surface area contributed by atoms with E-state index in [1.165, 1.54) is 16.6 Å². The summed E-state index contributed by atoms with van der Waals surface area (Å²) in [4.78, 5) is 32.1. The van der Waals surface area contributed by atoms with Crippen LogP contribution in [-0.4, -0.2) is 26.2 Å². The quantitative estimate of drug-likeness (QED) is 0.466. The standard InChI is InChI=1S/C25H22ClFN4O3/c1-13-14(2)29-24-19(18-4-3-17(26)11-20(18)27)12-21(30-31(24)25(13)33)15-6-8-34-22(9-15)16-5-7-28-23(32)10-16/h3-5,7,10-12,15,22H,6,8-9H2,1-2H3,(H,28,32). The molecule has 0 spiro atoms. The predicted molar refractivity (Wildman–Crippen MR) is 127 cm³/mol. The van der Waals surface area contributed by atoms with Gasteiger partial charge in [-0.3, -0.25) is 9.59 Å². The van der Waals surface area contributed by atoms with Crippen LogP contribution in [0.25, 0.3) is 16.8 Å². The van der Waals surface area contributed by atoms with Crippen molar-refractivity contribution in [2.24, 2.45) is 0 Å². The van der Waals surface area contributed by atoms with E-state index in [0.29, 0.717) is 47.5 Å². The number of benzene rings is 1.